The Morgan fingerprint density at radius 1 is 1.03 bits per heavy atom. The Morgan fingerprint density at radius 3 is 2.45 bits per heavy atom. The maximum atomic E-state index is 12.7. The van der Waals surface area contributed by atoms with Crippen LogP contribution in [0.4, 0.5) is 17.1 Å². The summed E-state index contributed by atoms with van der Waals surface area (Å²) in [6.45, 7) is 3.44. The predicted octanol–water partition coefficient (Wildman–Crippen LogP) is 3.46. The van der Waals surface area contributed by atoms with E-state index in [1.807, 2.05) is 12.1 Å². The molecule has 2 N–H and O–H groups in total. The van der Waals surface area contributed by atoms with Gasteiger partial charge in [0.15, 0.2) is 0 Å². The van der Waals surface area contributed by atoms with Crippen LogP contribution in [0.15, 0.2) is 60.8 Å². The zero-order chi connectivity index (χ0) is 27.1. The molecule has 0 atom stereocenters. The second-order valence-electron chi connectivity index (χ2n) is 9.00. The van der Waals surface area contributed by atoms with E-state index in [0.29, 0.717) is 17.9 Å². The quantitative estimate of drug-likeness (QED) is 0.325. The van der Waals surface area contributed by atoms with E-state index in [1.165, 1.54) is 19.3 Å². The summed E-state index contributed by atoms with van der Waals surface area (Å²) in [4.78, 5) is 43.9. The van der Waals surface area contributed by atoms with Crippen molar-refractivity contribution < 1.29 is 19.2 Å². The topological polar surface area (TPSA) is 130 Å². The molecule has 0 bridgehead atoms. The van der Waals surface area contributed by atoms with Crippen LogP contribution in [0.3, 0.4) is 0 Å². The van der Waals surface area contributed by atoms with Crippen molar-refractivity contribution in [3.8, 4) is 11.5 Å². The van der Waals surface area contributed by atoms with Crippen molar-refractivity contribution in [2.24, 2.45) is 0 Å². The Hall–Kier alpha value is -4.51. The number of aryl methyl sites for hydroxylation is 1. The van der Waals surface area contributed by atoms with Gasteiger partial charge in [0.25, 0.3) is 11.6 Å². The van der Waals surface area contributed by atoms with Crippen LogP contribution in [0.25, 0.3) is 0 Å². The van der Waals surface area contributed by atoms with Gasteiger partial charge in [0.2, 0.25) is 5.91 Å². The van der Waals surface area contributed by atoms with Crippen molar-refractivity contribution in [2.45, 2.75) is 12.8 Å². The number of hydrogen-bond acceptors (Lipinski definition) is 8. The third kappa shape index (κ3) is 6.83. The first-order valence-electron chi connectivity index (χ1n) is 12.3. The number of nitrogens with one attached hydrogen (secondary N) is 2. The molecule has 11 heteroatoms. The highest BCUT2D eigenvalue weighted by Gasteiger charge is 2.20. The number of aromatic nitrogens is 1. The van der Waals surface area contributed by atoms with Crippen molar-refractivity contribution in [1.29, 1.82) is 0 Å². The Labute approximate surface area is 220 Å². The van der Waals surface area contributed by atoms with E-state index in [-0.39, 0.29) is 35.3 Å². The highest BCUT2D eigenvalue weighted by molar-refractivity contribution is 5.94. The number of hydrogen-bond donors (Lipinski definition) is 2. The first kappa shape index (κ1) is 26.6. The molecule has 0 saturated carbocycles. The number of piperazine rings is 1. The lowest BCUT2D eigenvalue weighted by Crippen LogP contribution is -2.44. The van der Waals surface area contributed by atoms with Crippen LogP contribution in [0.1, 0.15) is 22.5 Å². The molecule has 2 aromatic carbocycles. The van der Waals surface area contributed by atoms with Gasteiger partial charge in [0, 0.05) is 63.7 Å². The van der Waals surface area contributed by atoms with Gasteiger partial charge in [-0.15, -0.1) is 0 Å². The Balaban J connectivity index is 1.35. The van der Waals surface area contributed by atoms with Gasteiger partial charge in [-0.05, 0) is 49.4 Å². The van der Waals surface area contributed by atoms with Crippen LogP contribution in [0, 0.1) is 10.1 Å². The highest BCUT2D eigenvalue weighted by atomic mass is 16.6. The van der Waals surface area contributed by atoms with Gasteiger partial charge in [-0.1, -0.05) is 12.1 Å². The molecule has 3 aromatic rings. The van der Waals surface area contributed by atoms with Crippen molar-refractivity contribution >= 4 is 28.9 Å². The Bertz CT molecular complexity index is 1310. The van der Waals surface area contributed by atoms with E-state index in [0.717, 1.165) is 37.4 Å². The molecule has 0 spiro atoms. The maximum absolute atomic E-state index is 12.7. The number of anilines is 2. The number of carbonyl (C=O) groups is 2. The predicted molar refractivity (Wildman–Crippen MR) is 144 cm³/mol. The molecule has 1 aliphatic rings. The minimum Gasteiger partial charge on any atom is -0.457 e. The zero-order valence-corrected chi connectivity index (χ0v) is 21.3. The number of nitrogens with zero attached hydrogens (tertiary/aromatic N) is 4. The van der Waals surface area contributed by atoms with Crippen LogP contribution in [-0.2, 0) is 11.2 Å². The van der Waals surface area contributed by atoms with Crippen molar-refractivity contribution in [3.05, 3.63) is 82.2 Å². The number of pyridine rings is 1. The average Bonchev–Trinajstić information content (AvgIpc) is 2.92. The molecule has 38 heavy (non-hydrogen) atoms. The molecule has 198 valence electrons. The van der Waals surface area contributed by atoms with Gasteiger partial charge < -0.3 is 25.2 Å². The SMILES string of the molecule is CNC(=O)c1cc(Oc2ccc(CCC(=O)Nc3cc(N4CCN(C)CC4)ccc3[N+](=O)[O-])cc2)ccn1. The molecule has 1 aromatic heterocycles. The smallest absolute Gasteiger partial charge is 0.292 e. The summed E-state index contributed by atoms with van der Waals surface area (Å²) in [5.41, 5.74) is 2.09. The van der Waals surface area contributed by atoms with Crippen LogP contribution in [0.2, 0.25) is 0 Å². The van der Waals surface area contributed by atoms with E-state index in [2.05, 4.69) is 32.5 Å². The van der Waals surface area contributed by atoms with Crippen LogP contribution in [-0.4, -0.2) is 66.9 Å². The fraction of sp³-hybridized carbons (Fsp3) is 0.296. The zero-order valence-electron chi connectivity index (χ0n) is 21.3. The molecular weight excluding hydrogens is 488 g/mol. The molecule has 0 aliphatic carbocycles. The number of carbonyl (C=O) groups excluding carboxylic acids is 2. The van der Waals surface area contributed by atoms with E-state index in [9.17, 15) is 19.7 Å². The first-order chi connectivity index (χ1) is 18.3. The number of rotatable bonds is 9. The van der Waals surface area contributed by atoms with Crippen LogP contribution < -0.4 is 20.3 Å². The number of likely N-dealkylation sites (N-methyl/N-ethyl adjacent to an activating group) is 1. The van der Waals surface area contributed by atoms with Gasteiger partial charge >= 0.3 is 0 Å². The monoisotopic (exact) mass is 518 g/mol. The third-order valence-electron chi connectivity index (χ3n) is 6.31. The molecule has 1 saturated heterocycles. The van der Waals surface area contributed by atoms with Crippen molar-refractivity contribution in [3.63, 3.8) is 0 Å². The molecule has 2 amide bonds. The second-order valence-corrected chi connectivity index (χ2v) is 9.00. The molecule has 0 unspecified atom stereocenters. The lowest BCUT2D eigenvalue weighted by molar-refractivity contribution is -0.383. The fourth-order valence-corrected chi connectivity index (χ4v) is 4.10. The summed E-state index contributed by atoms with van der Waals surface area (Å²) in [5, 5.41) is 16.8. The molecule has 0 radical (unpaired) electrons. The molecule has 4 rings (SSSR count). The summed E-state index contributed by atoms with van der Waals surface area (Å²) in [6, 6.07) is 15.3. The fourth-order valence-electron chi connectivity index (χ4n) is 4.10. The number of amides is 2. The van der Waals surface area contributed by atoms with E-state index in [1.54, 1.807) is 36.4 Å². The largest absolute Gasteiger partial charge is 0.457 e. The number of benzene rings is 2. The lowest BCUT2D eigenvalue weighted by Gasteiger charge is -2.34. The minimum atomic E-state index is -0.484. The molecule has 1 fully saturated rings. The van der Waals surface area contributed by atoms with Gasteiger partial charge in [-0.3, -0.25) is 24.7 Å². The molecule has 2 heterocycles. The van der Waals surface area contributed by atoms with Crippen molar-refractivity contribution in [2.75, 3.05) is 50.5 Å². The summed E-state index contributed by atoms with van der Waals surface area (Å²) >= 11 is 0. The first-order valence-corrected chi connectivity index (χ1v) is 12.3. The third-order valence-corrected chi connectivity index (χ3v) is 6.31. The standard InChI is InChI=1S/C27H30N6O5/c1-28-27(35)24-18-22(11-12-29-24)38-21-7-3-19(4-8-21)5-10-26(34)30-23-17-20(6-9-25(23)33(36)37)32-15-13-31(2)14-16-32/h3-4,6-9,11-12,17-18H,5,10,13-16H2,1-2H3,(H,28,35)(H,30,34). The van der Waals surface area contributed by atoms with Crippen molar-refractivity contribution in [1.82, 2.24) is 15.2 Å². The van der Waals surface area contributed by atoms with Gasteiger partial charge in [0.1, 0.15) is 22.9 Å². The molecule has 11 nitrogen and oxygen atoms in total. The molecule has 1 aliphatic heterocycles. The number of nitro groups is 1. The van der Waals surface area contributed by atoms with E-state index < -0.39 is 4.92 Å². The number of ether oxygens (including phenoxy) is 1. The number of nitro benzene ring substituents is 1. The molecular formula is C27H30N6O5. The second kappa shape index (κ2) is 12.2. The van der Waals surface area contributed by atoms with Gasteiger partial charge in [0.05, 0.1) is 4.92 Å². The average molecular weight is 519 g/mol. The van der Waals surface area contributed by atoms with Gasteiger partial charge in [-0.2, -0.15) is 0 Å². The Kier molecular flexibility index (Phi) is 8.49. The van der Waals surface area contributed by atoms with Crippen LogP contribution >= 0.6 is 0 Å². The van der Waals surface area contributed by atoms with Gasteiger partial charge in [-0.25, -0.2) is 0 Å². The normalized spacial score (nSPS) is 13.6. The lowest BCUT2D eigenvalue weighted by atomic mass is 10.1. The van der Waals surface area contributed by atoms with E-state index in [4.69, 9.17) is 4.74 Å². The summed E-state index contributed by atoms with van der Waals surface area (Å²) in [7, 11) is 3.59. The highest BCUT2D eigenvalue weighted by Crippen LogP contribution is 2.30. The minimum absolute atomic E-state index is 0.131. The Morgan fingerprint density at radius 2 is 1.76 bits per heavy atom. The maximum Gasteiger partial charge on any atom is 0.292 e. The summed E-state index contributed by atoms with van der Waals surface area (Å²) in [6.07, 6.45) is 2.11. The van der Waals surface area contributed by atoms with Crippen LogP contribution in [0.5, 0.6) is 11.5 Å². The summed E-state index contributed by atoms with van der Waals surface area (Å²) < 4.78 is 5.81. The summed E-state index contributed by atoms with van der Waals surface area (Å²) in [5.74, 6) is 0.442. The van der Waals surface area contributed by atoms with E-state index >= 15 is 0 Å².